The Morgan fingerprint density at radius 3 is 2.27 bits per heavy atom. The van der Waals surface area contributed by atoms with Crippen LogP contribution in [0.15, 0.2) is 42.1 Å². The molecule has 3 rings (SSSR count). The van der Waals surface area contributed by atoms with E-state index >= 15 is 0 Å². The maximum Gasteiger partial charge on any atom is 0.155 e. The van der Waals surface area contributed by atoms with E-state index in [1.54, 1.807) is 0 Å². The Balaban J connectivity index is 1.69. The van der Waals surface area contributed by atoms with Gasteiger partial charge in [-0.3, -0.25) is 0 Å². The van der Waals surface area contributed by atoms with Gasteiger partial charge >= 0.3 is 0 Å². The first-order valence-electron chi connectivity index (χ1n) is 7.99. The molecule has 0 radical (unpaired) electrons. The molecule has 0 aromatic heterocycles. The van der Waals surface area contributed by atoms with Gasteiger partial charge in [-0.25, -0.2) is 8.42 Å². The summed E-state index contributed by atoms with van der Waals surface area (Å²) in [5.41, 5.74) is 2.29. The SMILES string of the molecule is CS(=O)(=O)C1CCCC=C1N1CCN(c2ccccc2)CC1. The van der Waals surface area contributed by atoms with Gasteiger partial charge in [0.1, 0.15) is 5.25 Å². The number of benzene rings is 1. The minimum Gasteiger partial charge on any atom is -0.370 e. The van der Waals surface area contributed by atoms with Crippen LogP contribution in [0.25, 0.3) is 0 Å². The minimum absolute atomic E-state index is 0.301. The van der Waals surface area contributed by atoms with Gasteiger partial charge in [0.15, 0.2) is 9.84 Å². The van der Waals surface area contributed by atoms with E-state index in [4.69, 9.17) is 0 Å². The Kier molecular flexibility index (Phi) is 4.43. The topological polar surface area (TPSA) is 40.6 Å². The monoisotopic (exact) mass is 320 g/mol. The first-order valence-corrected chi connectivity index (χ1v) is 9.95. The number of nitrogens with zero attached hydrogens (tertiary/aromatic N) is 2. The number of hydrogen-bond donors (Lipinski definition) is 0. The predicted octanol–water partition coefficient (Wildman–Crippen LogP) is 2.29. The van der Waals surface area contributed by atoms with Crippen LogP contribution in [-0.2, 0) is 9.84 Å². The van der Waals surface area contributed by atoms with Crippen molar-refractivity contribution in [3.05, 3.63) is 42.1 Å². The number of hydrogen-bond acceptors (Lipinski definition) is 4. The minimum atomic E-state index is -3.01. The van der Waals surface area contributed by atoms with Gasteiger partial charge in [0.25, 0.3) is 0 Å². The second-order valence-corrected chi connectivity index (χ2v) is 8.42. The molecular weight excluding hydrogens is 296 g/mol. The van der Waals surface area contributed by atoms with Crippen molar-refractivity contribution in [3.8, 4) is 0 Å². The van der Waals surface area contributed by atoms with E-state index in [0.717, 1.165) is 51.1 Å². The van der Waals surface area contributed by atoms with Crippen molar-refractivity contribution < 1.29 is 8.42 Å². The molecule has 4 nitrogen and oxygen atoms in total. The number of sulfone groups is 1. The van der Waals surface area contributed by atoms with Crippen LogP contribution in [0.5, 0.6) is 0 Å². The molecule has 0 bridgehead atoms. The summed E-state index contributed by atoms with van der Waals surface area (Å²) in [7, 11) is -3.01. The van der Waals surface area contributed by atoms with Gasteiger partial charge in [0.05, 0.1) is 0 Å². The third-order valence-electron chi connectivity index (χ3n) is 4.64. The second kappa shape index (κ2) is 6.32. The van der Waals surface area contributed by atoms with E-state index < -0.39 is 9.84 Å². The lowest BCUT2D eigenvalue weighted by Crippen LogP contribution is -2.48. The van der Waals surface area contributed by atoms with Crippen molar-refractivity contribution in [1.82, 2.24) is 4.90 Å². The first-order chi connectivity index (χ1) is 10.6. The molecule has 0 amide bonds. The third kappa shape index (κ3) is 3.29. The van der Waals surface area contributed by atoms with E-state index in [1.807, 2.05) is 6.07 Å². The number of para-hydroxylation sites is 1. The average molecular weight is 320 g/mol. The van der Waals surface area contributed by atoms with Crippen LogP contribution in [0.1, 0.15) is 19.3 Å². The van der Waals surface area contributed by atoms with Crippen LogP contribution in [0.4, 0.5) is 5.69 Å². The first kappa shape index (κ1) is 15.4. The maximum atomic E-state index is 12.0. The quantitative estimate of drug-likeness (QED) is 0.857. The second-order valence-electron chi connectivity index (χ2n) is 6.19. The lowest BCUT2D eigenvalue weighted by molar-refractivity contribution is 0.303. The van der Waals surface area contributed by atoms with Crippen molar-refractivity contribution in [2.75, 3.05) is 37.3 Å². The van der Waals surface area contributed by atoms with Gasteiger partial charge in [0, 0.05) is 43.8 Å². The summed E-state index contributed by atoms with van der Waals surface area (Å²) < 4.78 is 24.1. The van der Waals surface area contributed by atoms with E-state index in [2.05, 4.69) is 40.1 Å². The summed E-state index contributed by atoms with van der Waals surface area (Å²) in [5, 5.41) is -0.301. The van der Waals surface area contributed by atoms with Crippen LogP contribution in [-0.4, -0.2) is 51.0 Å². The van der Waals surface area contributed by atoms with Crippen molar-refractivity contribution in [2.24, 2.45) is 0 Å². The summed E-state index contributed by atoms with van der Waals surface area (Å²) in [4.78, 5) is 4.65. The normalized spacial score (nSPS) is 23.3. The molecule has 1 aromatic rings. The van der Waals surface area contributed by atoms with Crippen LogP contribution in [0, 0.1) is 0 Å². The Morgan fingerprint density at radius 2 is 1.64 bits per heavy atom. The number of rotatable bonds is 3. The van der Waals surface area contributed by atoms with Crippen LogP contribution in [0.2, 0.25) is 0 Å². The fraction of sp³-hybridized carbons (Fsp3) is 0.529. The summed E-state index contributed by atoms with van der Waals surface area (Å²) in [5.74, 6) is 0. The Hall–Kier alpha value is -1.49. The number of allylic oxidation sites excluding steroid dienone is 1. The number of anilines is 1. The molecule has 1 unspecified atom stereocenters. The fourth-order valence-corrected chi connectivity index (χ4v) is 4.74. The van der Waals surface area contributed by atoms with E-state index in [0.29, 0.717) is 0 Å². The average Bonchev–Trinajstić information content (AvgIpc) is 2.55. The highest BCUT2D eigenvalue weighted by Crippen LogP contribution is 2.28. The molecule has 0 spiro atoms. The molecule has 22 heavy (non-hydrogen) atoms. The molecule has 1 saturated heterocycles. The van der Waals surface area contributed by atoms with Gasteiger partial charge in [-0.05, 0) is 31.4 Å². The highest BCUT2D eigenvalue weighted by atomic mass is 32.2. The molecule has 2 aliphatic rings. The number of piperazine rings is 1. The Labute approximate surface area is 133 Å². The largest absolute Gasteiger partial charge is 0.370 e. The van der Waals surface area contributed by atoms with Gasteiger partial charge in [0.2, 0.25) is 0 Å². The molecule has 1 aromatic carbocycles. The summed E-state index contributed by atoms with van der Waals surface area (Å²) in [6, 6.07) is 10.4. The summed E-state index contributed by atoms with van der Waals surface area (Å²) >= 11 is 0. The molecule has 1 heterocycles. The van der Waals surface area contributed by atoms with Crippen molar-refractivity contribution in [1.29, 1.82) is 0 Å². The van der Waals surface area contributed by atoms with Gasteiger partial charge < -0.3 is 9.80 Å². The van der Waals surface area contributed by atoms with E-state index in [9.17, 15) is 8.42 Å². The zero-order valence-electron chi connectivity index (χ0n) is 13.1. The lowest BCUT2D eigenvalue weighted by Gasteiger charge is -2.41. The molecular formula is C17H24N2O2S. The Bertz CT molecular complexity index is 632. The molecule has 120 valence electrons. The van der Waals surface area contributed by atoms with Gasteiger partial charge in [-0.15, -0.1) is 0 Å². The highest BCUT2D eigenvalue weighted by Gasteiger charge is 2.31. The van der Waals surface area contributed by atoms with Crippen LogP contribution < -0.4 is 4.90 Å². The lowest BCUT2D eigenvalue weighted by atomic mass is 10.0. The third-order valence-corrected chi connectivity index (χ3v) is 6.15. The standard InChI is InChI=1S/C17H24N2O2S/c1-22(20,21)17-10-6-5-9-16(17)19-13-11-18(12-14-19)15-7-3-2-4-8-15/h2-4,7-9,17H,5-6,10-14H2,1H3. The molecule has 1 aliphatic carbocycles. The molecule has 0 saturated carbocycles. The summed E-state index contributed by atoms with van der Waals surface area (Å²) in [6.07, 6.45) is 6.26. The molecule has 1 atom stereocenters. The van der Waals surface area contributed by atoms with E-state index in [-0.39, 0.29) is 5.25 Å². The predicted molar refractivity (Wildman–Crippen MR) is 90.8 cm³/mol. The summed E-state index contributed by atoms with van der Waals surface area (Å²) in [6.45, 7) is 3.68. The Morgan fingerprint density at radius 1 is 1.00 bits per heavy atom. The molecule has 1 fully saturated rings. The van der Waals surface area contributed by atoms with Gasteiger partial charge in [-0.1, -0.05) is 24.3 Å². The van der Waals surface area contributed by atoms with Crippen molar-refractivity contribution in [2.45, 2.75) is 24.5 Å². The maximum absolute atomic E-state index is 12.0. The van der Waals surface area contributed by atoms with E-state index in [1.165, 1.54) is 11.9 Å². The van der Waals surface area contributed by atoms with Crippen molar-refractivity contribution >= 4 is 15.5 Å². The zero-order chi connectivity index (χ0) is 15.6. The molecule has 0 N–H and O–H groups in total. The smallest absolute Gasteiger partial charge is 0.155 e. The van der Waals surface area contributed by atoms with Crippen molar-refractivity contribution in [3.63, 3.8) is 0 Å². The van der Waals surface area contributed by atoms with Crippen LogP contribution >= 0.6 is 0 Å². The molecule has 1 aliphatic heterocycles. The fourth-order valence-electron chi connectivity index (χ4n) is 3.46. The molecule has 5 heteroatoms. The zero-order valence-corrected chi connectivity index (χ0v) is 13.9. The highest BCUT2D eigenvalue weighted by molar-refractivity contribution is 7.91. The van der Waals surface area contributed by atoms with Crippen LogP contribution in [0.3, 0.4) is 0 Å². The van der Waals surface area contributed by atoms with Gasteiger partial charge in [-0.2, -0.15) is 0 Å².